The van der Waals surface area contributed by atoms with E-state index < -0.39 is 5.60 Å². The van der Waals surface area contributed by atoms with Gasteiger partial charge in [0.25, 0.3) is 0 Å². The highest BCUT2D eigenvalue weighted by atomic mass is 16.4. The summed E-state index contributed by atoms with van der Waals surface area (Å²) in [6.07, 6.45) is 13.6. The SMILES string of the molecule is CN(C(=O)NCCN1CCCC1)[C@H]1CC[C@@]2(C)[C@H](CC[C@@H]3[C@@H]2CC[C@]2(C)[C@@H](c4ccc(=O)oc4)CC[C@]32O)C1. The Balaban J connectivity index is 1.11. The fourth-order valence-corrected chi connectivity index (χ4v) is 10.3. The number of nitrogens with one attached hydrogen (secondary N) is 1. The highest BCUT2D eigenvalue weighted by Crippen LogP contribution is 2.70. The molecule has 1 aromatic heterocycles. The summed E-state index contributed by atoms with van der Waals surface area (Å²) in [6.45, 7) is 8.81. The Hall–Kier alpha value is -1.86. The fraction of sp³-hybridized carbons (Fsp3) is 0.812. The van der Waals surface area contributed by atoms with Crippen molar-refractivity contribution in [2.45, 2.75) is 102 Å². The predicted molar refractivity (Wildman–Crippen MR) is 152 cm³/mol. The molecule has 1 aromatic rings. The maximum absolute atomic E-state index is 13.0. The Labute approximate surface area is 233 Å². The van der Waals surface area contributed by atoms with E-state index in [1.165, 1.54) is 18.9 Å². The van der Waals surface area contributed by atoms with Crippen molar-refractivity contribution in [2.24, 2.45) is 28.6 Å². The van der Waals surface area contributed by atoms with Gasteiger partial charge in [0.15, 0.2) is 0 Å². The topological polar surface area (TPSA) is 86.0 Å². The van der Waals surface area contributed by atoms with E-state index in [0.717, 1.165) is 89.5 Å². The summed E-state index contributed by atoms with van der Waals surface area (Å²) in [6, 6.07) is 3.81. The zero-order valence-electron chi connectivity index (χ0n) is 24.3. The lowest BCUT2D eigenvalue weighted by molar-refractivity contribution is -0.203. The monoisotopic (exact) mass is 539 g/mol. The smallest absolute Gasteiger partial charge is 0.335 e. The first-order chi connectivity index (χ1) is 18.7. The lowest BCUT2D eigenvalue weighted by atomic mass is 9.43. The second kappa shape index (κ2) is 10.2. The van der Waals surface area contributed by atoms with Gasteiger partial charge in [-0.25, -0.2) is 9.59 Å². The van der Waals surface area contributed by atoms with Crippen LogP contribution in [0.25, 0.3) is 0 Å². The molecule has 7 heteroatoms. The van der Waals surface area contributed by atoms with Crippen LogP contribution in [0, 0.1) is 28.6 Å². The van der Waals surface area contributed by atoms with Gasteiger partial charge < -0.3 is 24.6 Å². The van der Waals surface area contributed by atoms with Crippen molar-refractivity contribution >= 4 is 6.03 Å². The first kappa shape index (κ1) is 27.3. The van der Waals surface area contributed by atoms with Crippen LogP contribution < -0.4 is 10.9 Å². The van der Waals surface area contributed by atoms with Gasteiger partial charge in [-0.05, 0) is 124 Å². The number of fused-ring (bicyclic) bond motifs is 5. The largest absolute Gasteiger partial charge is 0.431 e. The summed E-state index contributed by atoms with van der Waals surface area (Å²) in [4.78, 5) is 29.0. The molecule has 5 fully saturated rings. The molecule has 6 rings (SSSR count). The van der Waals surface area contributed by atoms with Crippen molar-refractivity contribution in [3.8, 4) is 0 Å². The van der Waals surface area contributed by atoms with Crippen LogP contribution in [0.4, 0.5) is 4.79 Å². The zero-order chi connectivity index (χ0) is 27.4. The molecule has 39 heavy (non-hydrogen) atoms. The highest BCUT2D eigenvalue weighted by molar-refractivity contribution is 5.74. The Morgan fingerprint density at radius 2 is 1.87 bits per heavy atom. The number of rotatable bonds is 5. The molecule has 4 saturated carbocycles. The summed E-state index contributed by atoms with van der Waals surface area (Å²) in [7, 11) is 1.99. The number of aliphatic hydroxyl groups is 1. The maximum atomic E-state index is 13.0. The van der Waals surface area contributed by atoms with Crippen LogP contribution in [0.3, 0.4) is 0 Å². The van der Waals surface area contributed by atoms with Crippen molar-refractivity contribution in [3.63, 3.8) is 0 Å². The van der Waals surface area contributed by atoms with Crippen molar-refractivity contribution in [2.75, 3.05) is 33.2 Å². The minimum atomic E-state index is -0.673. The van der Waals surface area contributed by atoms with Gasteiger partial charge in [0.1, 0.15) is 0 Å². The normalized spacial score (nSPS) is 41.9. The zero-order valence-corrected chi connectivity index (χ0v) is 24.3. The molecule has 2 amide bonds. The van der Waals surface area contributed by atoms with Crippen molar-refractivity contribution in [1.29, 1.82) is 0 Å². The van der Waals surface area contributed by atoms with Gasteiger partial charge in [0, 0.05) is 37.7 Å². The van der Waals surface area contributed by atoms with Gasteiger partial charge in [-0.3, -0.25) is 0 Å². The molecule has 7 nitrogen and oxygen atoms in total. The number of carbonyl (C=O) groups is 1. The number of hydrogen-bond donors (Lipinski definition) is 2. The number of nitrogens with zero attached hydrogens (tertiary/aromatic N) is 2. The molecule has 4 aliphatic carbocycles. The second-order valence-electron chi connectivity index (χ2n) is 14.2. The first-order valence-electron chi connectivity index (χ1n) is 15.7. The number of carbonyl (C=O) groups excluding carboxylic acids is 1. The first-order valence-corrected chi connectivity index (χ1v) is 15.7. The van der Waals surface area contributed by atoms with Crippen LogP contribution >= 0.6 is 0 Å². The molecule has 1 saturated heterocycles. The van der Waals surface area contributed by atoms with E-state index in [1.807, 2.05) is 18.0 Å². The summed E-state index contributed by atoms with van der Waals surface area (Å²) in [5.41, 5.74) is 0.109. The molecular weight excluding hydrogens is 490 g/mol. The molecule has 0 spiro atoms. The number of amides is 2. The molecule has 2 heterocycles. The van der Waals surface area contributed by atoms with Crippen molar-refractivity contribution in [3.05, 3.63) is 34.4 Å². The van der Waals surface area contributed by atoms with Gasteiger partial charge in [0.05, 0.1) is 11.9 Å². The Bertz CT molecular complexity index is 1100. The van der Waals surface area contributed by atoms with E-state index in [2.05, 4.69) is 24.1 Å². The van der Waals surface area contributed by atoms with E-state index in [-0.39, 0.29) is 28.4 Å². The number of likely N-dealkylation sites (tertiary alicyclic amines) is 1. The summed E-state index contributed by atoms with van der Waals surface area (Å²) < 4.78 is 5.24. The average molecular weight is 540 g/mol. The molecule has 0 bridgehead atoms. The van der Waals surface area contributed by atoms with Gasteiger partial charge in [-0.2, -0.15) is 0 Å². The van der Waals surface area contributed by atoms with E-state index in [0.29, 0.717) is 23.8 Å². The molecule has 5 aliphatic rings. The van der Waals surface area contributed by atoms with E-state index in [4.69, 9.17) is 4.42 Å². The van der Waals surface area contributed by atoms with E-state index >= 15 is 0 Å². The van der Waals surface area contributed by atoms with Crippen LogP contribution in [-0.2, 0) is 0 Å². The van der Waals surface area contributed by atoms with Gasteiger partial charge in [-0.15, -0.1) is 0 Å². The van der Waals surface area contributed by atoms with Gasteiger partial charge >= 0.3 is 11.7 Å². The second-order valence-corrected chi connectivity index (χ2v) is 14.2. The molecule has 8 atom stereocenters. The molecule has 0 unspecified atom stereocenters. The third-order valence-electron chi connectivity index (χ3n) is 12.7. The van der Waals surface area contributed by atoms with Crippen LogP contribution in [0.15, 0.2) is 27.6 Å². The van der Waals surface area contributed by atoms with E-state index in [9.17, 15) is 14.7 Å². The van der Waals surface area contributed by atoms with Crippen LogP contribution in [0.2, 0.25) is 0 Å². The van der Waals surface area contributed by atoms with Crippen molar-refractivity contribution in [1.82, 2.24) is 15.1 Å². The Kier molecular flexibility index (Phi) is 7.15. The lowest BCUT2D eigenvalue weighted by Crippen LogP contribution is -2.62. The minimum Gasteiger partial charge on any atom is -0.431 e. The molecular formula is C32H49N3O4. The highest BCUT2D eigenvalue weighted by Gasteiger charge is 2.67. The Morgan fingerprint density at radius 1 is 1.08 bits per heavy atom. The summed E-state index contributed by atoms with van der Waals surface area (Å²) in [5.74, 6) is 1.68. The molecule has 216 valence electrons. The number of urea groups is 1. The molecule has 2 N–H and O–H groups in total. The quantitative estimate of drug-likeness (QED) is 0.551. The van der Waals surface area contributed by atoms with Gasteiger partial charge in [-0.1, -0.05) is 13.8 Å². The summed E-state index contributed by atoms with van der Waals surface area (Å²) in [5, 5.41) is 15.7. The van der Waals surface area contributed by atoms with Crippen LogP contribution in [0.5, 0.6) is 0 Å². The van der Waals surface area contributed by atoms with Crippen molar-refractivity contribution < 1.29 is 14.3 Å². The lowest BCUT2D eigenvalue weighted by Gasteiger charge is -2.64. The third kappa shape index (κ3) is 4.46. The number of hydrogen-bond acceptors (Lipinski definition) is 5. The maximum Gasteiger partial charge on any atom is 0.335 e. The average Bonchev–Trinajstić information content (AvgIpc) is 3.54. The Morgan fingerprint density at radius 3 is 2.62 bits per heavy atom. The standard InChI is InChI=1S/C32H49N3O4/c1-30-13-10-24(34(3)29(37)33-16-19-35-17-4-5-18-35)20-23(30)7-8-27-26(30)11-14-31(2)25(12-15-32(27,31)38)22-6-9-28(36)39-21-22/h6,9,21,23-27,38H,4-5,7-8,10-20H2,1-3H3,(H,33,37)/t23-,24+,25-,26+,27-,30+,31-,32+/m1/s1. The van der Waals surface area contributed by atoms with Crippen LogP contribution in [0.1, 0.15) is 96.0 Å². The molecule has 0 radical (unpaired) electrons. The predicted octanol–water partition coefficient (Wildman–Crippen LogP) is 4.99. The molecule has 0 aromatic carbocycles. The third-order valence-corrected chi connectivity index (χ3v) is 12.7. The fourth-order valence-electron chi connectivity index (χ4n) is 10.3. The van der Waals surface area contributed by atoms with Crippen LogP contribution in [-0.4, -0.2) is 65.8 Å². The molecule has 1 aliphatic heterocycles. The minimum absolute atomic E-state index is 0.0768. The summed E-state index contributed by atoms with van der Waals surface area (Å²) >= 11 is 0. The van der Waals surface area contributed by atoms with E-state index in [1.54, 1.807) is 6.26 Å². The van der Waals surface area contributed by atoms with Gasteiger partial charge in [0.2, 0.25) is 0 Å².